The Balaban J connectivity index is 2.13. The van der Waals surface area contributed by atoms with Gasteiger partial charge in [0.2, 0.25) is 5.91 Å². The largest absolute Gasteiger partial charge is 0.352 e. The van der Waals surface area contributed by atoms with E-state index in [0.717, 1.165) is 6.54 Å². The lowest BCUT2D eigenvalue weighted by Gasteiger charge is -2.22. The Bertz CT molecular complexity index is 249. The van der Waals surface area contributed by atoms with Crippen LogP contribution in [0.5, 0.6) is 0 Å². The lowest BCUT2D eigenvalue weighted by molar-refractivity contribution is -0.121. The van der Waals surface area contributed by atoms with Gasteiger partial charge in [-0.25, -0.2) is 0 Å². The van der Waals surface area contributed by atoms with Crippen molar-refractivity contribution in [1.29, 1.82) is 0 Å². The molecule has 4 nitrogen and oxygen atoms in total. The van der Waals surface area contributed by atoms with Crippen molar-refractivity contribution in [2.45, 2.75) is 52.6 Å². The lowest BCUT2D eigenvalue weighted by Crippen LogP contribution is -2.45. The topological polar surface area (TPSA) is 44.4 Å². The molecule has 0 aromatic carbocycles. The summed E-state index contributed by atoms with van der Waals surface area (Å²) < 4.78 is 0. The number of likely N-dealkylation sites (tertiary alicyclic amines) is 1. The fraction of sp³-hybridized carbons (Fsp3) is 0.929. The van der Waals surface area contributed by atoms with Crippen LogP contribution in [0, 0.1) is 5.92 Å². The Labute approximate surface area is 111 Å². The zero-order chi connectivity index (χ0) is 13.5. The summed E-state index contributed by atoms with van der Waals surface area (Å²) in [4.78, 5) is 14.2. The van der Waals surface area contributed by atoms with Crippen molar-refractivity contribution in [3.05, 3.63) is 0 Å². The quantitative estimate of drug-likeness (QED) is 0.719. The summed E-state index contributed by atoms with van der Waals surface area (Å²) in [6, 6.07) is 0.622. The first-order valence-electron chi connectivity index (χ1n) is 7.24. The van der Waals surface area contributed by atoms with Crippen molar-refractivity contribution < 1.29 is 4.79 Å². The molecule has 1 fully saturated rings. The molecule has 1 heterocycles. The van der Waals surface area contributed by atoms with Gasteiger partial charge in [-0.1, -0.05) is 13.8 Å². The molecule has 1 aliphatic heterocycles. The molecule has 2 N–H and O–H groups in total. The molecule has 1 aliphatic rings. The van der Waals surface area contributed by atoms with Crippen molar-refractivity contribution in [2.24, 2.45) is 5.92 Å². The number of amides is 1. The maximum atomic E-state index is 11.7. The second kappa shape index (κ2) is 7.74. The van der Waals surface area contributed by atoms with Crippen LogP contribution in [0.4, 0.5) is 0 Å². The minimum absolute atomic E-state index is 0.101. The maximum Gasteiger partial charge on any atom is 0.234 e. The highest BCUT2D eigenvalue weighted by molar-refractivity contribution is 5.78. The zero-order valence-electron chi connectivity index (χ0n) is 12.3. The van der Waals surface area contributed by atoms with Crippen LogP contribution in [0.1, 0.15) is 40.5 Å². The van der Waals surface area contributed by atoms with Crippen molar-refractivity contribution in [3.8, 4) is 0 Å². The molecule has 0 radical (unpaired) electrons. The Hall–Kier alpha value is -0.610. The van der Waals surface area contributed by atoms with E-state index in [1.807, 2.05) is 0 Å². The third kappa shape index (κ3) is 5.83. The summed E-state index contributed by atoms with van der Waals surface area (Å²) in [6.07, 6.45) is 2.64. The average molecular weight is 255 g/mol. The van der Waals surface area contributed by atoms with E-state index in [9.17, 15) is 4.79 Å². The minimum atomic E-state index is 0.101. The smallest absolute Gasteiger partial charge is 0.234 e. The van der Waals surface area contributed by atoms with Crippen molar-refractivity contribution >= 4 is 5.91 Å². The summed E-state index contributed by atoms with van der Waals surface area (Å²) in [5.74, 6) is 0.584. The van der Waals surface area contributed by atoms with Crippen molar-refractivity contribution in [1.82, 2.24) is 15.5 Å². The summed E-state index contributed by atoms with van der Waals surface area (Å²) in [6.45, 7) is 12.3. The molecule has 0 aromatic heterocycles. The van der Waals surface area contributed by atoms with Gasteiger partial charge in [-0.15, -0.1) is 0 Å². The van der Waals surface area contributed by atoms with E-state index in [1.165, 1.54) is 25.9 Å². The van der Waals surface area contributed by atoms with E-state index < -0.39 is 0 Å². The highest BCUT2D eigenvalue weighted by Gasteiger charge is 2.15. The molecule has 18 heavy (non-hydrogen) atoms. The predicted octanol–water partition coefficient (Wildman–Crippen LogP) is 1.22. The Morgan fingerprint density at radius 1 is 1.17 bits per heavy atom. The van der Waals surface area contributed by atoms with Crippen molar-refractivity contribution in [3.63, 3.8) is 0 Å². The third-order valence-corrected chi connectivity index (χ3v) is 3.73. The summed E-state index contributed by atoms with van der Waals surface area (Å²) in [7, 11) is 0. The predicted molar refractivity (Wildman–Crippen MR) is 75.6 cm³/mol. The number of carbonyl (C=O) groups excluding carboxylic acids is 1. The molecular formula is C14H29N3O. The summed E-state index contributed by atoms with van der Waals surface area (Å²) >= 11 is 0. The third-order valence-electron chi connectivity index (χ3n) is 3.73. The highest BCUT2D eigenvalue weighted by atomic mass is 16.1. The molecule has 2 atom stereocenters. The van der Waals surface area contributed by atoms with E-state index >= 15 is 0 Å². The van der Waals surface area contributed by atoms with Gasteiger partial charge in [-0.05, 0) is 45.7 Å². The second-order valence-corrected chi connectivity index (χ2v) is 5.89. The average Bonchev–Trinajstić information content (AvgIpc) is 2.79. The Kier molecular flexibility index (Phi) is 6.65. The molecule has 0 saturated carbocycles. The van der Waals surface area contributed by atoms with Gasteiger partial charge in [-0.2, -0.15) is 0 Å². The number of rotatable bonds is 7. The van der Waals surface area contributed by atoms with Crippen LogP contribution in [-0.4, -0.2) is 49.1 Å². The first-order valence-corrected chi connectivity index (χ1v) is 7.24. The van der Waals surface area contributed by atoms with E-state index in [-0.39, 0.29) is 11.9 Å². The van der Waals surface area contributed by atoms with E-state index in [2.05, 4.69) is 43.2 Å². The van der Waals surface area contributed by atoms with E-state index in [4.69, 9.17) is 0 Å². The van der Waals surface area contributed by atoms with Gasteiger partial charge in [-0.3, -0.25) is 4.79 Å². The van der Waals surface area contributed by atoms with Gasteiger partial charge in [0.25, 0.3) is 0 Å². The number of nitrogens with zero attached hydrogens (tertiary/aromatic N) is 1. The standard InChI is InChI=1S/C14H29N3O/c1-11(2)13(4)16-14(18)9-15-12(3)10-17-7-5-6-8-17/h11-13,15H,5-10H2,1-4H3,(H,16,18). The first kappa shape index (κ1) is 15.4. The van der Waals surface area contributed by atoms with Gasteiger partial charge < -0.3 is 15.5 Å². The van der Waals surface area contributed by atoms with Crippen LogP contribution < -0.4 is 10.6 Å². The van der Waals surface area contributed by atoms with E-state index in [1.54, 1.807) is 0 Å². The fourth-order valence-electron chi connectivity index (χ4n) is 2.16. The summed E-state index contributed by atoms with van der Waals surface area (Å²) in [5.41, 5.74) is 0. The molecule has 0 spiro atoms. The van der Waals surface area contributed by atoms with Crippen LogP contribution in [0.2, 0.25) is 0 Å². The van der Waals surface area contributed by atoms with Crippen LogP contribution >= 0.6 is 0 Å². The summed E-state index contributed by atoms with van der Waals surface area (Å²) in [5, 5.41) is 6.31. The molecular weight excluding hydrogens is 226 g/mol. The van der Waals surface area contributed by atoms with Crippen LogP contribution in [0.15, 0.2) is 0 Å². The molecule has 106 valence electrons. The maximum absolute atomic E-state index is 11.7. The lowest BCUT2D eigenvalue weighted by atomic mass is 10.1. The molecule has 0 aromatic rings. The highest BCUT2D eigenvalue weighted by Crippen LogP contribution is 2.07. The van der Waals surface area contributed by atoms with Gasteiger partial charge in [0.05, 0.1) is 6.54 Å². The van der Waals surface area contributed by atoms with Gasteiger partial charge in [0, 0.05) is 18.6 Å². The SMILES string of the molecule is CC(CN1CCCC1)NCC(=O)NC(C)C(C)C. The second-order valence-electron chi connectivity index (χ2n) is 5.89. The number of carbonyl (C=O) groups is 1. The number of nitrogens with one attached hydrogen (secondary N) is 2. The van der Waals surface area contributed by atoms with Gasteiger partial charge in [0.15, 0.2) is 0 Å². The monoisotopic (exact) mass is 255 g/mol. The minimum Gasteiger partial charge on any atom is -0.352 e. The Morgan fingerprint density at radius 2 is 1.78 bits per heavy atom. The number of hydrogen-bond acceptors (Lipinski definition) is 3. The van der Waals surface area contributed by atoms with E-state index in [0.29, 0.717) is 18.5 Å². The zero-order valence-corrected chi connectivity index (χ0v) is 12.3. The van der Waals surface area contributed by atoms with Gasteiger partial charge in [0.1, 0.15) is 0 Å². The molecule has 2 unspecified atom stereocenters. The molecule has 0 bridgehead atoms. The van der Waals surface area contributed by atoms with Crippen LogP contribution in [0.25, 0.3) is 0 Å². The molecule has 1 amide bonds. The van der Waals surface area contributed by atoms with Gasteiger partial charge >= 0.3 is 0 Å². The fourth-order valence-corrected chi connectivity index (χ4v) is 2.16. The molecule has 0 aliphatic carbocycles. The molecule has 1 saturated heterocycles. The number of hydrogen-bond donors (Lipinski definition) is 2. The normalized spacial score (nSPS) is 20.1. The van der Waals surface area contributed by atoms with Crippen molar-refractivity contribution in [2.75, 3.05) is 26.2 Å². The van der Waals surface area contributed by atoms with Crippen LogP contribution in [-0.2, 0) is 4.79 Å². The molecule has 1 rings (SSSR count). The molecule has 4 heteroatoms. The van der Waals surface area contributed by atoms with Crippen LogP contribution in [0.3, 0.4) is 0 Å². The Morgan fingerprint density at radius 3 is 2.33 bits per heavy atom. The first-order chi connectivity index (χ1) is 8.49.